The molecule has 2 heterocycles. The number of hydrogen-bond acceptors (Lipinski definition) is 2. The number of H-pyrrole nitrogens is 1. The Morgan fingerprint density at radius 1 is 1.11 bits per heavy atom. The van der Waals surface area contributed by atoms with E-state index in [0.29, 0.717) is 0 Å². The summed E-state index contributed by atoms with van der Waals surface area (Å²) in [5.41, 5.74) is 4.56. The number of nitrogens with zero attached hydrogens (tertiary/aromatic N) is 1. The Balaban J connectivity index is 1.99. The fraction of sp³-hybridized carbons (Fsp3) is 0.0625. The van der Waals surface area contributed by atoms with Gasteiger partial charge < -0.3 is 4.98 Å². The number of aryl methyl sites for hydroxylation is 1. The molecule has 19 heavy (non-hydrogen) atoms. The van der Waals surface area contributed by atoms with Crippen LogP contribution in [0.3, 0.4) is 0 Å². The van der Waals surface area contributed by atoms with Crippen molar-refractivity contribution in [2.24, 2.45) is 0 Å². The third-order valence-corrected chi connectivity index (χ3v) is 4.34. The van der Waals surface area contributed by atoms with Crippen LogP contribution >= 0.6 is 11.3 Å². The molecule has 1 N–H and O–H groups in total. The van der Waals surface area contributed by atoms with Gasteiger partial charge in [0.15, 0.2) is 0 Å². The van der Waals surface area contributed by atoms with E-state index in [-0.39, 0.29) is 0 Å². The number of fused-ring (bicyclic) bond motifs is 2. The van der Waals surface area contributed by atoms with Crippen LogP contribution in [0.25, 0.3) is 32.5 Å². The smallest absolute Gasteiger partial charge is 0.139 e. The van der Waals surface area contributed by atoms with Gasteiger partial charge in [0.2, 0.25) is 0 Å². The number of thiophene rings is 1. The van der Waals surface area contributed by atoms with Crippen molar-refractivity contribution in [2.75, 3.05) is 0 Å². The third-order valence-electron chi connectivity index (χ3n) is 3.37. The highest BCUT2D eigenvalue weighted by Gasteiger charge is 2.10. The van der Waals surface area contributed by atoms with Gasteiger partial charge >= 0.3 is 0 Å². The summed E-state index contributed by atoms with van der Waals surface area (Å²) in [6, 6.07) is 14.8. The molecule has 4 aromatic rings. The molecule has 2 aromatic heterocycles. The van der Waals surface area contributed by atoms with Crippen molar-refractivity contribution >= 4 is 32.5 Å². The van der Waals surface area contributed by atoms with E-state index in [0.717, 1.165) is 16.9 Å². The Hall–Kier alpha value is -2.13. The van der Waals surface area contributed by atoms with Crippen molar-refractivity contribution in [1.29, 1.82) is 0 Å². The Labute approximate surface area is 114 Å². The first-order valence-electron chi connectivity index (χ1n) is 6.24. The maximum absolute atomic E-state index is 4.70. The Morgan fingerprint density at radius 3 is 2.95 bits per heavy atom. The van der Waals surface area contributed by atoms with Crippen LogP contribution in [0.5, 0.6) is 0 Å². The molecule has 2 aromatic carbocycles. The van der Waals surface area contributed by atoms with E-state index in [4.69, 9.17) is 4.98 Å². The van der Waals surface area contributed by atoms with Crippen LogP contribution < -0.4 is 0 Å². The summed E-state index contributed by atoms with van der Waals surface area (Å²) in [6.45, 7) is 2.10. The van der Waals surface area contributed by atoms with Crippen LogP contribution in [0, 0.1) is 6.92 Å². The molecule has 0 saturated heterocycles. The molecular weight excluding hydrogens is 252 g/mol. The standard InChI is InChI=1S/C16H12N2S/c1-10-6-7-13-14(8-10)18-16(17-13)12-9-19-15-5-3-2-4-11(12)15/h2-9H,1H3,(H,17,18). The van der Waals surface area contributed by atoms with Gasteiger partial charge in [-0.05, 0) is 30.7 Å². The number of hydrogen-bond donors (Lipinski definition) is 1. The summed E-state index contributed by atoms with van der Waals surface area (Å²) in [7, 11) is 0. The zero-order chi connectivity index (χ0) is 12.8. The first-order chi connectivity index (χ1) is 9.31. The first kappa shape index (κ1) is 10.8. The number of nitrogens with one attached hydrogen (secondary N) is 1. The normalized spacial score (nSPS) is 11.4. The fourth-order valence-electron chi connectivity index (χ4n) is 2.41. The van der Waals surface area contributed by atoms with E-state index in [2.05, 4.69) is 59.8 Å². The molecule has 4 rings (SSSR count). The largest absolute Gasteiger partial charge is 0.338 e. The maximum Gasteiger partial charge on any atom is 0.139 e. The lowest BCUT2D eigenvalue weighted by molar-refractivity contribution is 1.35. The minimum absolute atomic E-state index is 0.957. The number of rotatable bonds is 1. The number of aromatic nitrogens is 2. The molecule has 0 unspecified atom stereocenters. The molecule has 0 aliphatic heterocycles. The summed E-state index contributed by atoms with van der Waals surface area (Å²) in [4.78, 5) is 8.12. The molecule has 0 radical (unpaired) electrons. The zero-order valence-corrected chi connectivity index (χ0v) is 11.3. The predicted molar refractivity (Wildman–Crippen MR) is 81.6 cm³/mol. The number of imidazole rings is 1. The highest BCUT2D eigenvalue weighted by Crippen LogP contribution is 2.33. The van der Waals surface area contributed by atoms with Crippen LogP contribution in [-0.2, 0) is 0 Å². The topological polar surface area (TPSA) is 28.7 Å². The van der Waals surface area contributed by atoms with Gasteiger partial charge in [0, 0.05) is 21.0 Å². The van der Waals surface area contributed by atoms with Gasteiger partial charge in [0.25, 0.3) is 0 Å². The van der Waals surface area contributed by atoms with Crippen molar-refractivity contribution in [3.8, 4) is 11.4 Å². The zero-order valence-electron chi connectivity index (χ0n) is 10.5. The summed E-state index contributed by atoms with van der Waals surface area (Å²) in [6.07, 6.45) is 0. The van der Waals surface area contributed by atoms with E-state index in [1.807, 2.05) is 0 Å². The molecule has 92 valence electrons. The lowest BCUT2D eigenvalue weighted by atomic mass is 10.2. The fourth-order valence-corrected chi connectivity index (χ4v) is 3.36. The summed E-state index contributed by atoms with van der Waals surface area (Å²) < 4.78 is 1.30. The van der Waals surface area contributed by atoms with Crippen LogP contribution in [0.1, 0.15) is 5.56 Å². The second-order valence-corrected chi connectivity index (χ2v) is 5.66. The van der Waals surface area contributed by atoms with Crippen LogP contribution in [0.2, 0.25) is 0 Å². The number of aromatic amines is 1. The van der Waals surface area contributed by atoms with Gasteiger partial charge in [0.1, 0.15) is 5.82 Å². The molecule has 0 amide bonds. The molecule has 0 bridgehead atoms. The molecule has 0 aliphatic rings. The Bertz CT molecular complexity index is 886. The van der Waals surface area contributed by atoms with Crippen molar-refractivity contribution < 1.29 is 0 Å². The Morgan fingerprint density at radius 2 is 2.00 bits per heavy atom. The Kier molecular flexibility index (Phi) is 2.23. The highest BCUT2D eigenvalue weighted by molar-refractivity contribution is 7.17. The van der Waals surface area contributed by atoms with Crippen LogP contribution in [0.15, 0.2) is 47.8 Å². The molecule has 3 heteroatoms. The van der Waals surface area contributed by atoms with Gasteiger partial charge in [-0.1, -0.05) is 24.3 Å². The average Bonchev–Trinajstić information content (AvgIpc) is 3.00. The van der Waals surface area contributed by atoms with E-state index in [1.54, 1.807) is 11.3 Å². The maximum atomic E-state index is 4.70. The molecule has 0 spiro atoms. The van der Waals surface area contributed by atoms with Crippen molar-refractivity contribution in [3.63, 3.8) is 0 Å². The third kappa shape index (κ3) is 1.66. The van der Waals surface area contributed by atoms with Gasteiger partial charge in [-0.15, -0.1) is 11.3 Å². The van der Waals surface area contributed by atoms with Crippen molar-refractivity contribution in [3.05, 3.63) is 53.4 Å². The SMILES string of the molecule is Cc1ccc2nc(-c3csc4ccccc34)[nH]c2c1. The second kappa shape index (κ2) is 3.93. The summed E-state index contributed by atoms with van der Waals surface area (Å²) in [5.74, 6) is 0.957. The molecule has 0 fully saturated rings. The van der Waals surface area contributed by atoms with E-state index >= 15 is 0 Å². The monoisotopic (exact) mass is 264 g/mol. The van der Waals surface area contributed by atoms with E-state index < -0.39 is 0 Å². The minimum atomic E-state index is 0.957. The summed E-state index contributed by atoms with van der Waals surface area (Å²) >= 11 is 1.76. The molecule has 2 nitrogen and oxygen atoms in total. The lowest BCUT2D eigenvalue weighted by Crippen LogP contribution is -1.77. The predicted octanol–water partition coefficient (Wildman–Crippen LogP) is 4.75. The van der Waals surface area contributed by atoms with Crippen molar-refractivity contribution in [1.82, 2.24) is 9.97 Å². The second-order valence-electron chi connectivity index (χ2n) is 4.75. The lowest BCUT2D eigenvalue weighted by Gasteiger charge is -1.93. The minimum Gasteiger partial charge on any atom is -0.338 e. The van der Waals surface area contributed by atoms with Gasteiger partial charge in [-0.2, -0.15) is 0 Å². The highest BCUT2D eigenvalue weighted by atomic mass is 32.1. The number of benzene rings is 2. The average molecular weight is 264 g/mol. The molecular formula is C16H12N2S. The molecule has 0 saturated carbocycles. The van der Waals surface area contributed by atoms with Gasteiger partial charge in [-0.3, -0.25) is 0 Å². The van der Waals surface area contributed by atoms with Crippen LogP contribution in [0.4, 0.5) is 0 Å². The molecule has 0 aliphatic carbocycles. The molecule has 0 atom stereocenters. The quantitative estimate of drug-likeness (QED) is 0.528. The van der Waals surface area contributed by atoms with Gasteiger partial charge in [0.05, 0.1) is 11.0 Å². The van der Waals surface area contributed by atoms with Crippen LogP contribution in [-0.4, -0.2) is 9.97 Å². The first-order valence-corrected chi connectivity index (χ1v) is 7.12. The van der Waals surface area contributed by atoms with E-state index in [1.165, 1.54) is 21.2 Å². The summed E-state index contributed by atoms with van der Waals surface area (Å²) in [5, 5.41) is 3.44. The van der Waals surface area contributed by atoms with E-state index in [9.17, 15) is 0 Å². The van der Waals surface area contributed by atoms with Crippen molar-refractivity contribution in [2.45, 2.75) is 6.92 Å². The van der Waals surface area contributed by atoms with Gasteiger partial charge in [-0.25, -0.2) is 4.98 Å².